The minimum atomic E-state index is -0.822. The molecule has 0 fully saturated rings. The van der Waals surface area contributed by atoms with Crippen molar-refractivity contribution >= 4 is 29.8 Å². The summed E-state index contributed by atoms with van der Waals surface area (Å²) in [4.78, 5) is 18.9. The molecular formula is C21H21N2O5S-. The van der Waals surface area contributed by atoms with Crippen molar-refractivity contribution in [2.45, 2.75) is 26.2 Å². The van der Waals surface area contributed by atoms with Crippen molar-refractivity contribution in [2.24, 2.45) is 4.99 Å². The lowest BCUT2D eigenvalue weighted by Gasteiger charge is -2.05. The van der Waals surface area contributed by atoms with Crippen molar-refractivity contribution in [3.63, 3.8) is 0 Å². The molecule has 2 N–H and O–H groups in total. The summed E-state index contributed by atoms with van der Waals surface area (Å²) >= 11 is 0.945. The minimum absolute atomic E-state index is 0.0798. The molecule has 0 spiro atoms. The average Bonchev–Trinajstić information content (AvgIpc) is 3.28. The fourth-order valence-electron chi connectivity index (χ4n) is 3.07. The third-order valence-electron chi connectivity index (χ3n) is 4.48. The van der Waals surface area contributed by atoms with Gasteiger partial charge in [-0.05, 0) is 49.1 Å². The van der Waals surface area contributed by atoms with Gasteiger partial charge in [0.25, 0.3) is 0 Å². The second-order valence-electron chi connectivity index (χ2n) is 6.56. The van der Waals surface area contributed by atoms with Crippen LogP contribution in [0.3, 0.4) is 0 Å². The molecule has 1 aromatic carbocycles. The van der Waals surface area contributed by atoms with Crippen molar-refractivity contribution < 1.29 is 24.5 Å². The summed E-state index contributed by atoms with van der Waals surface area (Å²) in [5.74, 6) is -0.284. The Labute approximate surface area is 172 Å². The first kappa shape index (κ1) is 21.1. The number of allylic oxidation sites excluding steroid dienone is 2. The van der Waals surface area contributed by atoms with Crippen LogP contribution in [0.2, 0.25) is 0 Å². The zero-order chi connectivity index (χ0) is 20.6. The lowest BCUT2D eigenvalue weighted by atomic mass is 10.1. The summed E-state index contributed by atoms with van der Waals surface area (Å²) in [5.41, 5.74) is 6.53. The van der Waals surface area contributed by atoms with Crippen LogP contribution in [0.4, 0.5) is 0 Å². The number of carbonyl (C=O) groups is 1. The van der Waals surface area contributed by atoms with E-state index in [0.29, 0.717) is 18.6 Å². The highest BCUT2D eigenvalue weighted by molar-refractivity contribution is 7.94. The highest BCUT2D eigenvalue weighted by atomic mass is 32.2. The van der Waals surface area contributed by atoms with Crippen LogP contribution in [-0.2, 0) is 20.6 Å². The van der Waals surface area contributed by atoms with E-state index in [1.807, 2.05) is 55.5 Å². The van der Waals surface area contributed by atoms with Gasteiger partial charge in [0.2, 0.25) is 0 Å². The van der Waals surface area contributed by atoms with Gasteiger partial charge in [0.15, 0.2) is 0 Å². The molecule has 8 heteroatoms. The van der Waals surface area contributed by atoms with Gasteiger partial charge in [-0.3, -0.25) is 9.83 Å². The number of aliphatic carboxylic acids is 1. The molecule has 29 heavy (non-hydrogen) atoms. The van der Waals surface area contributed by atoms with Crippen LogP contribution in [0.1, 0.15) is 35.4 Å². The molecule has 0 unspecified atom stereocenters. The molecule has 1 aliphatic rings. The molecule has 3 rings (SSSR count). The average molecular weight is 413 g/mol. The molecule has 0 bridgehead atoms. The maximum atomic E-state index is 10.8. The summed E-state index contributed by atoms with van der Waals surface area (Å²) in [6, 6.07) is 11.9. The fourth-order valence-corrected chi connectivity index (χ4v) is 3.48. The summed E-state index contributed by atoms with van der Waals surface area (Å²) < 4.78 is 4.35. The number of benzene rings is 1. The molecule has 0 atom stereocenters. The standard InChI is InChI=1S/C21H22N2O5S/c1-14-11-17(7-8-21(24)25)22-18(14)13-20-16(9-10-29-28-27-26)12-19(23-20)15-5-3-2-4-6-15/h2-6,11-13,22,26H,7-10H2,1H3,(H,24,25)/p-1/b20-13-. The molecule has 0 amide bonds. The zero-order valence-corrected chi connectivity index (χ0v) is 16.7. The molecule has 1 aromatic heterocycles. The highest BCUT2D eigenvalue weighted by Crippen LogP contribution is 2.29. The van der Waals surface area contributed by atoms with Crippen molar-refractivity contribution in [1.29, 1.82) is 0 Å². The molecule has 7 nitrogen and oxygen atoms in total. The van der Waals surface area contributed by atoms with Crippen molar-refractivity contribution in [1.82, 2.24) is 4.98 Å². The Morgan fingerprint density at radius 1 is 1.31 bits per heavy atom. The summed E-state index contributed by atoms with van der Waals surface area (Å²) in [5, 5.41) is 22.2. The smallest absolute Gasteiger partial charge is 0.303 e. The Morgan fingerprint density at radius 3 is 2.83 bits per heavy atom. The molecule has 1 aliphatic heterocycles. The zero-order valence-electron chi connectivity index (χ0n) is 15.9. The van der Waals surface area contributed by atoms with E-state index in [4.69, 9.17) is 10.1 Å². The third kappa shape index (κ3) is 5.91. The van der Waals surface area contributed by atoms with Gasteiger partial charge >= 0.3 is 5.97 Å². The second kappa shape index (κ2) is 10.2. The number of aromatic nitrogens is 1. The molecule has 2 aromatic rings. The van der Waals surface area contributed by atoms with Crippen LogP contribution < -0.4 is 5.26 Å². The van der Waals surface area contributed by atoms with E-state index in [-0.39, 0.29) is 6.42 Å². The monoisotopic (exact) mass is 413 g/mol. The molecule has 0 aliphatic carbocycles. The fraction of sp³-hybridized carbons (Fsp3) is 0.238. The van der Waals surface area contributed by atoms with Gasteiger partial charge in [-0.1, -0.05) is 30.3 Å². The number of aromatic amines is 1. The van der Waals surface area contributed by atoms with Crippen LogP contribution in [-0.4, -0.2) is 27.5 Å². The van der Waals surface area contributed by atoms with E-state index < -0.39 is 5.97 Å². The topological polar surface area (TPSA) is 107 Å². The molecule has 0 radical (unpaired) electrons. The van der Waals surface area contributed by atoms with Gasteiger partial charge in [0.05, 0.1) is 17.8 Å². The first-order chi connectivity index (χ1) is 14.1. The first-order valence-electron chi connectivity index (χ1n) is 9.12. The summed E-state index contributed by atoms with van der Waals surface area (Å²) in [7, 11) is 0. The molecule has 0 saturated carbocycles. The van der Waals surface area contributed by atoms with E-state index >= 15 is 0 Å². The molecule has 152 valence electrons. The van der Waals surface area contributed by atoms with Gasteiger partial charge in [0, 0.05) is 34.7 Å². The number of aliphatic imine (C=N–C) groups is 1. The lowest BCUT2D eigenvalue weighted by Crippen LogP contribution is -2.01. The third-order valence-corrected chi connectivity index (χ3v) is 5.00. The van der Waals surface area contributed by atoms with Gasteiger partial charge in [-0.15, -0.1) is 0 Å². The minimum Gasteiger partial charge on any atom is -0.691 e. The van der Waals surface area contributed by atoms with Gasteiger partial charge in [-0.25, -0.2) is 4.99 Å². The van der Waals surface area contributed by atoms with Gasteiger partial charge in [-0.2, -0.15) is 4.33 Å². The number of nitrogens with one attached hydrogen (secondary N) is 1. The normalized spacial score (nSPS) is 14.9. The maximum absolute atomic E-state index is 10.8. The van der Waals surface area contributed by atoms with E-state index in [9.17, 15) is 10.1 Å². The van der Waals surface area contributed by atoms with E-state index in [1.54, 1.807) is 0 Å². The van der Waals surface area contributed by atoms with E-state index in [1.165, 1.54) is 0 Å². The largest absolute Gasteiger partial charge is 0.691 e. The summed E-state index contributed by atoms with van der Waals surface area (Å²) in [6.07, 6.45) is 5.17. The lowest BCUT2D eigenvalue weighted by molar-refractivity contribution is -0.777. The number of carboxylic acids is 1. The second-order valence-corrected chi connectivity index (χ2v) is 7.34. The number of aryl methyl sites for hydroxylation is 2. The predicted molar refractivity (Wildman–Crippen MR) is 110 cm³/mol. The van der Waals surface area contributed by atoms with Crippen molar-refractivity contribution in [3.8, 4) is 0 Å². The van der Waals surface area contributed by atoms with E-state index in [0.717, 1.165) is 51.5 Å². The Kier molecular flexibility index (Phi) is 7.42. The predicted octanol–water partition coefficient (Wildman–Crippen LogP) is 3.37. The molecular weight excluding hydrogens is 392 g/mol. The Balaban J connectivity index is 1.84. The van der Waals surface area contributed by atoms with Crippen LogP contribution in [0, 0.1) is 6.92 Å². The Morgan fingerprint density at radius 2 is 2.10 bits per heavy atom. The Bertz CT molecular complexity index is 947. The highest BCUT2D eigenvalue weighted by Gasteiger charge is 2.17. The number of H-pyrrole nitrogens is 1. The first-order valence-corrected chi connectivity index (χ1v) is 10.0. The van der Waals surface area contributed by atoms with Gasteiger partial charge in [0.1, 0.15) is 0 Å². The Hall–Kier alpha value is -2.65. The molecule has 0 saturated heterocycles. The van der Waals surface area contributed by atoms with Crippen molar-refractivity contribution in [3.05, 3.63) is 76.3 Å². The number of rotatable bonds is 10. The van der Waals surface area contributed by atoms with Crippen LogP contribution in [0.5, 0.6) is 0 Å². The molecule has 2 heterocycles. The maximum Gasteiger partial charge on any atom is 0.303 e. The number of carboxylic acid groups (broad SMARTS) is 1. The SMILES string of the molecule is Cc1cc(CCC(=O)O)[nH]c1/C=C1\N=C(c2ccccc2)C=C1CCSOO[O-]. The number of nitrogens with zero attached hydrogens (tertiary/aromatic N) is 1. The van der Waals surface area contributed by atoms with E-state index in [2.05, 4.69) is 14.4 Å². The quantitative estimate of drug-likeness (QED) is 0.268. The van der Waals surface area contributed by atoms with Crippen LogP contribution in [0.25, 0.3) is 6.08 Å². The van der Waals surface area contributed by atoms with Crippen molar-refractivity contribution in [2.75, 3.05) is 5.75 Å². The van der Waals surface area contributed by atoms with Crippen LogP contribution in [0.15, 0.2) is 58.7 Å². The summed E-state index contributed by atoms with van der Waals surface area (Å²) in [6.45, 7) is 1.97. The number of hydrogen-bond donors (Lipinski definition) is 2. The van der Waals surface area contributed by atoms with Crippen LogP contribution >= 0.6 is 12.0 Å². The number of hydrogen-bond acceptors (Lipinski definition) is 6. The van der Waals surface area contributed by atoms with Gasteiger partial charge < -0.3 is 15.3 Å².